The molecule has 0 unspecified atom stereocenters. The molecule has 3 rings (SSSR count). The number of nitrogens with zero attached hydrogens (tertiary/aromatic N) is 3. The number of carboxylic acids is 2. The maximum Gasteiger partial charge on any atom is 1.00 e. The van der Waals surface area contributed by atoms with Gasteiger partial charge in [0.1, 0.15) is 0 Å². The summed E-state index contributed by atoms with van der Waals surface area (Å²) in [6, 6.07) is 9.21. The van der Waals surface area contributed by atoms with E-state index in [0.717, 1.165) is 6.07 Å². The minimum absolute atomic E-state index is 0. The van der Waals surface area contributed by atoms with E-state index in [9.17, 15) is 29.7 Å². The second-order valence-electron chi connectivity index (χ2n) is 6.05. The van der Waals surface area contributed by atoms with E-state index < -0.39 is 34.0 Å². The van der Waals surface area contributed by atoms with Crippen LogP contribution in [0.1, 0.15) is 26.3 Å². The normalized spacial score (nSPS) is 9.47. The van der Waals surface area contributed by atoms with E-state index in [4.69, 9.17) is 12.6 Å². The number of aromatic carboxylic acids is 2. The van der Waals surface area contributed by atoms with E-state index in [0.29, 0.717) is 0 Å². The fraction of sp³-hybridized carbons (Fsp3) is 0.0526. The molecule has 13 nitrogen and oxygen atoms in total. The molecular formula is C19H12N4Na3O9S+. The number of benzene rings is 1. The Morgan fingerprint density at radius 1 is 1.08 bits per heavy atom. The molecule has 0 aliphatic rings. The number of azo groups is 1. The molecule has 0 amide bonds. The summed E-state index contributed by atoms with van der Waals surface area (Å²) in [6.07, 6.45) is 2.61. The van der Waals surface area contributed by atoms with Gasteiger partial charge >= 0.3 is 105 Å². The minimum atomic E-state index is -3.11. The fourth-order valence-electron chi connectivity index (χ4n) is 2.63. The maximum atomic E-state index is 12.4. The standard InChI is InChI=1S/C19H14N4O6.3Na.O3S/c1-10-14(22-21-13-7-3-2-6-12(13)19(28)29)16(24)20-17(25)15(10)23-8-4-5-11(9-23)18(26)27;;;;1-4(2)3/h3-9H,1H3,(H,26,27)(H,28,29)(H2,20,24,25);;;;/q;3*+1;/p-2. The molecule has 0 spiro atoms. The number of hydrogen-bond acceptors (Lipinski definition) is 11. The van der Waals surface area contributed by atoms with Crippen molar-refractivity contribution >= 4 is 33.9 Å². The zero-order valence-corrected chi connectivity index (χ0v) is 26.3. The molecule has 2 heterocycles. The Hall–Kier alpha value is -1.72. The van der Waals surface area contributed by atoms with Gasteiger partial charge in [-0.15, -0.1) is 23.8 Å². The van der Waals surface area contributed by atoms with Crippen molar-refractivity contribution in [2.24, 2.45) is 10.2 Å². The molecule has 0 fully saturated rings. The third kappa shape index (κ3) is 9.97. The number of carboxylic acid groups (broad SMARTS) is 2. The molecule has 3 aromatic rings. The van der Waals surface area contributed by atoms with Crippen LogP contribution >= 0.6 is 0 Å². The van der Waals surface area contributed by atoms with Gasteiger partial charge in [-0.05, 0) is 18.7 Å². The van der Waals surface area contributed by atoms with E-state index in [-0.39, 0.29) is 122 Å². The molecule has 0 bridgehead atoms. The summed E-state index contributed by atoms with van der Waals surface area (Å²) in [6.45, 7) is 1.47. The largest absolute Gasteiger partial charge is 1.00 e. The van der Waals surface area contributed by atoms with Gasteiger partial charge in [-0.25, -0.2) is 0 Å². The Kier molecular flexibility index (Phi) is 17.1. The summed E-state index contributed by atoms with van der Waals surface area (Å²) in [5.74, 6) is -3.49. The number of carbonyl (C=O) groups excluding carboxylic acids is 2. The molecular weight excluding hydrogens is 529 g/mol. The van der Waals surface area contributed by atoms with Crippen LogP contribution in [0.15, 0.2) is 57.7 Å². The van der Waals surface area contributed by atoms with Crippen LogP contribution in [0.2, 0.25) is 0 Å². The van der Waals surface area contributed by atoms with E-state index in [1.807, 2.05) is 0 Å². The Labute approximate surface area is 271 Å². The van der Waals surface area contributed by atoms with Crippen LogP contribution in [0, 0.1) is 13.0 Å². The molecule has 36 heavy (non-hydrogen) atoms. The van der Waals surface area contributed by atoms with Crippen molar-refractivity contribution in [3.8, 4) is 11.6 Å². The Morgan fingerprint density at radius 2 is 1.69 bits per heavy atom. The van der Waals surface area contributed by atoms with Crippen molar-refractivity contribution in [3.63, 3.8) is 0 Å². The van der Waals surface area contributed by atoms with Crippen LogP contribution in [-0.4, -0.2) is 34.7 Å². The fourth-order valence-corrected chi connectivity index (χ4v) is 2.63. The monoisotopic (exact) mass is 541 g/mol. The first-order chi connectivity index (χ1) is 15.5. The summed E-state index contributed by atoms with van der Waals surface area (Å²) in [7, 11) is -3.11. The van der Waals surface area contributed by atoms with Gasteiger partial charge in [0, 0.05) is 12.0 Å². The number of H-pyrrole nitrogens is 1. The predicted molar refractivity (Wildman–Crippen MR) is 103 cm³/mol. The number of nitrogens with one attached hydrogen (secondary N) is 1. The van der Waals surface area contributed by atoms with Crippen LogP contribution in [0.3, 0.4) is 0 Å². The number of aromatic nitrogens is 2. The minimum Gasteiger partial charge on any atom is -0.559 e. The van der Waals surface area contributed by atoms with Crippen LogP contribution in [0.25, 0.3) is 5.69 Å². The maximum absolute atomic E-state index is 12.4. The zero-order chi connectivity index (χ0) is 24.7. The van der Waals surface area contributed by atoms with Gasteiger partial charge in [-0.2, -0.15) is 27.9 Å². The van der Waals surface area contributed by atoms with E-state index in [1.54, 1.807) is 0 Å². The Morgan fingerprint density at radius 3 is 2.25 bits per heavy atom. The van der Waals surface area contributed by atoms with Crippen LogP contribution in [0.4, 0.5) is 11.4 Å². The van der Waals surface area contributed by atoms with Gasteiger partial charge in [0.15, 0.2) is 18.1 Å². The first-order valence-corrected chi connectivity index (χ1v) is 9.61. The molecule has 17 heteroatoms. The van der Waals surface area contributed by atoms with Crippen LogP contribution < -0.4 is 109 Å². The van der Waals surface area contributed by atoms with Gasteiger partial charge in [0.2, 0.25) is 5.88 Å². The SMILES string of the molecule is Cc1c(N=Nc2cc[c-]cc2C(=O)[O-])c(O)[nH]c(=O)c1-[n+]1cccc(C(=O)[O-])c1.O=S(=O)=O.[Na+].[Na+].[Na+]. The molecule has 2 aromatic heterocycles. The molecule has 0 saturated heterocycles. The first kappa shape index (κ1) is 36.4. The van der Waals surface area contributed by atoms with E-state index in [1.165, 1.54) is 48.1 Å². The van der Waals surface area contributed by atoms with Gasteiger partial charge < -0.3 is 24.9 Å². The second kappa shape index (κ2) is 16.9. The summed E-state index contributed by atoms with van der Waals surface area (Å²) in [5.41, 5.74) is -1.14. The third-order valence-electron chi connectivity index (χ3n) is 3.99. The quantitative estimate of drug-likeness (QED) is 0.136. The van der Waals surface area contributed by atoms with Crippen molar-refractivity contribution in [1.29, 1.82) is 0 Å². The van der Waals surface area contributed by atoms with Crippen molar-refractivity contribution in [2.75, 3.05) is 0 Å². The number of aromatic hydroxyl groups is 1. The van der Waals surface area contributed by atoms with Crippen LogP contribution in [-0.2, 0) is 10.6 Å². The van der Waals surface area contributed by atoms with Crippen molar-refractivity contribution < 1.29 is 131 Å². The molecule has 1 aromatic carbocycles. The van der Waals surface area contributed by atoms with Crippen molar-refractivity contribution in [3.05, 3.63) is 75.8 Å². The third-order valence-corrected chi connectivity index (χ3v) is 3.99. The number of aromatic amines is 1. The summed E-state index contributed by atoms with van der Waals surface area (Å²) >= 11 is 0. The molecule has 0 aliphatic heterocycles. The first-order valence-electron chi connectivity index (χ1n) is 8.61. The number of carbonyl (C=O) groups is 2. The summed E-state index contributed by atoms with van der Waals surface area (Å²) in [5, 5.41) is 40.0. The number of pyridine rings is 2. The summed E-state index contributed by atoms with van der Waals surface area (Å²) < 4.78 is 26.6. The molecule has 170 valence electrons. The Bertz CT molecular complexity index is 1440. The predicted octanol–water partition coefficient (Wildman–Crippen LogP) is -10.4. The molecule has 0 aliphatic carbocycles. The Balaban J connectivity index is 0. The average Bonchev–Trinajstić information content (AvgIpc) is 2.73. The molecule has 2 N–H and O–H groups in total. The second-order valence-corrected chi connectivity index (χ2v) is 6.46. The van der Waals surface area contributed by atoms with Gasteiger partial charge in [-0.3, -0.25) is 9.78 Å². The summed E-state index contributed by atoms with van der Waals surface area (Å²) in [4.78, 5) is 36.8. The van der Waals surface area contributed by atoms with Crippen molar-refractivity contribution in [2.45, 2.75) is 6.92 Å². The average molecular weight is 541 g/mol. The number of hydrogen-bond donors (Lipinski definition) is 2. The van der Waals surface area contributed by atoms with Gasteiger partial charge in [-0.1, -0.05) is 5.56 Å². The van der Waals surface area contributed by atoms with E-state index in [2.05, 4.69) is 21.3 Å². The number of rotatable bonds is 5. The zero-order valence-electron chi connectivity index (χ0n) is 19.5. The molecule has 0 radical (unpaired) electrons. The molecule has 0 saturated carbocycles. The molecule has 0 atom stereocenters. The topological polar surface area (TPSA) is 213 Å². The van der Waals surface area contributed by atoms with Crippen molar-refractivity contribution in [1.82, 2.24) is 4.98 Å². The smallest absolute Gasteiger partial charge is 0.559 e. The van der Waals surface area contributed by atoms with E-state index >= 15 is 0 Å². The van der Waals surface area contributed by atoms with Crippen LogP contribution in [0.5, 0.6) is 5.88 Å². The van der Waals surface area contributed by atoms with Gasteiger partial charge in [0.25, 0.3) is 5.69 Å². The van der Waals surface area contributed by atoms with Gasteiger partial charge in [0.05, 0.1) is 17.1 Å².